The van der Waals surface area contributed by atoms with Crippen molar-refractivity contribution in [1.29, 1.82) is 0 Å². The summed E-state index contributed by atoms with van der Waals surface area (Å²) in [4.78, 5) is 9.69. The van der Waals surface area contributed by atoms with Gasteiger partial charge in [0.1, 0.15) is 4.75 Å². The van der Waals surface area contributed by atoms with Crippen LogP contribution in [0.2, 0.25) is 18.1 Å². The fourth-order valence-electron chi connectivity index (χ4n) is 3.69. The monoisotopic (exact) mass is 563 g/mol. The molecule has 0 spiro atoms. The van der Waals surface area contributed by atoms with Gasteiger partial charge in [-0.3, -0.25) is 4.98 Å². The van der Waals surface area contributed by atoms with Crippen molar-refractivity contribution in [2.45, 2.75) is 84.0 Å². The van der Waals surface area contributed by atoms with Gasteiger partial charge in [-0.25, -0.2) is 9.67 Å². The van der Waals surface area contributed by atoms with Crippen LogP contribution in [0.3, 0.4) is 0 Å². The van der Waals surface area contributed by atoms with Crippen LogP contribution in [-0.2, 0) is 22.4 Å². The summed E-state index contributed by atoms with van der Waals surface area (Å²) in [7, 11) is -1.86. The summed E-state index contributed by atoms with van der Waals surface area (Å²) in [6, 6.07) is 17.9. The minimum Gasteiger partial charge on any atom is -0.598 e. The Labute approximate surface area is 236 Å². The number of aromatic nitrogens is 4. The molecule has 9 heteroatoms. The third-order valence-electron chi connectivity index (χ3n) is 7.27. The Hall–Kier alpha value is -2.56. The van der Waals surface area contributed by atoms with Crippen LogP contribution in [0.1, 0.15) is 65.9 Å². The maximum Gasteiger partial charge on any atom is 0.192 e. The van der Waals surface area contributed by atoms with Crippen molar-refractivity contribution in [3.63, 3.8) is 0 Å². The van der Waals surface area contributed by atoms with Crippen LogP contribution >= 0.6 is 0 Å². The van der Waals surface area contributed by atoms with E-state index in [1.54, 1.807) is 0 Å². The highest BCUT2D eigenvalue weighted by molar-refractivity contribution is 7.90. The zero-order valence-corrected chi connectivity index (χ0v) is 26.4. The van der Waals surface area contributed by atoms with Gasteiger partial charge in [-0.2, -0.15) is 5.10 Å². The van der Waals surface area contributed by atoms with Crippen LogP contribution in [0.15, 0.2) is 60.8 Å². The third-order valence-corrected chi connectivity index (χ3v) is 13.4. The summed E-state index contributed by atoms with van der Waals surface area (Å²) in [5, 5.41) is 6.00. The molecule has 3 heterocycles. The van der Waals surface area contributed by atoms with Crippen molar-refractivity contribution in [3.05, 3.63) is 72.2 Å². The van der Waals surface area contributed by atoms with Crippen LogP contribution < -0.4 is 4.72 Å². The van der Waals surface area contributed by atoms with Gasteiger partial charge in [0, 0.05) is 28.5 Å². The van der Waals surface area contributed by atoms with Gasteiger partial charge in [0.15, 0.2) is 14.1 Å². The summed E-state index contributed by atoms with van der Waals surface area (Å²) in [5.74, 6) is 0.760. The average molecular weight is 564 g/mol. The number of fused-ring (bicyclic) bond motifs is 1. The molecule has 0 aliphatic rings. The number of hydrogen-bond donors (Lipinski definition) is 1. The topological polar surface area (TPSA) is 87.9 Å². The number of pyridine rings is 2. The number of benzene rings is 1. The Morgan fingerprint density at radius 1 is 1.00 bits per heavy atom. The zero-order chi connectivity index (χ0) is 28.6. The van der Waals surface area contributed by atoms with Crippen molar-refractivity contribution in [3.8, 4) is 17.1 Å². The van der Waals surface area contributed by atoms with E-state index in [9.17, 15) is 4.55 Å². The number of hydrogen-bond acceptors (Lipinski definition) is 6. The molecule has 0 bridgehead atoms. The summed E-state index contributed by atoms with van der Waals surface area (Å²) in [6.45, 7) is 19.6. The molecule has 1 aromatic carbocycles. The second kappa shape index (κ2) is 11.1. The number of nitrogens with one attached hydrogen (secondary N) is 1. The Kier molecular flexibility index (Phi) is 8.40. The van der Waals surface area contributed by atoms with Gasteiger partial charge in [-0.05, 0) is 76.2 Å². The van der Waals surface area contributed by atoms with E-state index >= 15 is 0 Å². The predicted molar refractivity (Wildman–Crippen MR) is 164 cm³/mol. The molecule has 1 unspecified atom stereocenters. The van der Waals surface area contributed by atoms with Gasteiger partial charge in [-0.15, -0.1) is 4.72 Å². The zero-order valence-electron chi connectivity index (χ0n) is 24.6. The molecule has 0 radical (unpaired) electrons. The molecule has 0 saturated heterocycles. The van der Waals surface area contributed by atoms with Gasteiger partial charge in [0.25, 0.3) is 0 Å². The van der Waals surface area contributed by atoms with E-state index in [1.165, 1.54) is 0 Å². The average Bonchev–Trinajstić information content (AvgIpc) is 3.30. The van der Waals surface area contributed by atoms with Crippen molar-refractivity contribution < 1.29 is 8.98 Å². The van der Waals surface area contributed by atoms with Crippen molar-refractivity contribution >= 4 is 30.6 Å². The SMILES string of the molecule is C[C@@H](N[S+]([O-])C(C)(C)C)c1cccc(-c2ccc3cn(-c4cccc(CO[Si](C)(C)C(C)(C)C)n4)nc3c2)n1. The largest absolute Gasteiger partial charge is 0.598 e. The summed E-state index contributed by atoms with van der Waals surface area (Å²) in [5.41, 5.74) is 4.43. The minimum absolute atomic E-state index is 0.146. The van der Waals surface area contributed by atoms with E-state index < -0.39 is 19.7 Å². The Balaban J connectivity index is 1.55. The second-order valence-corrected chi connectivity index (χ2v) is 19.4. The molecule has 208 valence electrons. The molecule has 2 atom stereocenters. The molecular formula is C30H41N5O2SSi. The molecular weight excluding hydrogens is 523 g/mol. The predicted octanol–water partition coefficient (Wildman–Crippen LogP) is 7.12. The Bertz CT molecular complexity index is 1440. The number of rotatable bonds is 8. The molecule has 0 aliphatic carbocycles. The second-order valence-electron chi connectivity index (χ2n) is 12.6. The molecule has 39 heavy (non-hydrogen) atoms. The summed E-state index contributed by atoms with van der Waals surface area (Å²) >= 11 is -1.18. The van der Waals surface area contributed by atoms with Crippen LogP contribution in [0, 0.1) is 0 Å². The van der Waals surface area contributed by atoms with Crippen molar-refractivity contribution in [2.75, 3.05) is 0 Å². The first-order valence-electron chi connectivity index (χ1n) is 13.4. The lowest BCUT2D eigenvalue weighted by Crippen LogP contribution is -2.40. The fourth-order valence-corrected chi connectivity index (χ4v) is 5.43. The highest BCUT2D eigenvalue weighted by atomic mass is 32.2. The van der Waals surface area contributed by atoms with Crippen LogP contribution in [-0.4, -0.2) is 37.4 Å². The van der Waals surface area contributed by atoms with E-state index in [4.69, 9.17) is 19.5 Å². The van der Waals surface area contributed by atoms with Gasteiger partial charge in [0.05, 0.1) is 35.2 Å². The first kappa shape index (κ1) is 29.4. The standard InChI is InChI=1S/C30H41N5O2SSi/c1-21(34-38(36)29(2,3)4)25-13-11-14-26(32-25)22-16-17-23-19-35(33-27(23)18-22)28-15-10-12-24(31-28)20-37-39(8,9)30(5,6)7/h10-19,21,34H,20H2,1-9H3/t21-,38?/m1/s1. The quantitative estimate of drug-likeness (QED) is 0.181. The van der Waals surface area contributed by atoms with Crippen LogP contribution in [0.4, 0.5) is 0 Å². The summed E-state index contributed by atoms with van der Waals surface area (Å²) in [6.07, 6.45) is 2.00. The van der Waals surface area contributed by atoms with Crippen molar-refractivity contribution in [1.82, 2.24) is 24.5 Å². The first-order chi connectivity index (χ1) is 18.1. The molecule has 0 aliphatic heterocycles. The van der Waals surface area contributed by atoms with Gasteiger partial charge in [-0.1, -0.05) is 45.0 Å². The van der Waals surface area contributed by atoms with Gasteiger partial charge < -0.3 is 8.98 Å². The van der Waals surface area contributed by atoms with E-state index in [0.717, 1.165) is 39.4 Å². The highest BCUT2D eigenvalue weighted by Gasteiger charge is 2.37. The van der Waals surface area contributed by atoms with Crippen LogP contribution in [0.25, 0.3) is 28.0 Å². The Morgan fingerprint density at radius 2 is 1.72 bits per heavy atom. The maximum atomic E-state index is 12.6. The molecule has 0 amide bonds. The molecule has 4 rings (SSSR count). The van der Waals surface area contributed by atoms with Gasteiger partial charge >= 0.3 is 0 Å². The molecule has 7 nitrogen and oxygen atoms in total. The highest BCUT2D eigenvalue weighted by Crippen LogP contribution is 2.37. The normalized spacial score (nSPS) is 14.5. The lowest BCUT2D eigenvalue weighted by molar-refractivity contribution is 0.272. The van der Waals surface area contributed by atoms with E-state index in [-0.39, 0.29) is 15.8 Å². The molecule has 3 aromatic heterocycles. The van der Waals surface area contributed by atoms with E-state index in [1.807, 2.05) is 81.0 Å². The van der Waals surface area contributed by atoms with E-state index in [2.05, 4.69) is 50.7 Å². The smallest absolute Gasteiger partial charge is 0.192 e. The fraction of sp³-hybridized carbons (Fsp3) is 0.433. The first-order valence-corrected chi connectivity index (χ1v) is 17.4. The third kappa shape index (κ3) is 6.96. The minimum atomic E-state index is -1.86. The van der Waals surface area contributed by atoms with Crippen molar-refractivity contribution in [2.24, 2.45) is 0 Å². The number of nitrogens with zero attached hydrogens (tertiary/aromatic N) is 4. The lowest BCUT2D eigenvalue weighted by Gasteiger charge is -2.36. The maximum absolute atomic E-state index is 12.6. The summed E-state index contributed by atoms with van der Waals surface area (Å²) < 4.78 is 23.6. The molecule has 0 fully saturated rings. The van der Waals surface area contributed by atoms with Gasteiger partial charge in [0.2, 0.25) is 0 Å². The van der Waals surface area contributed by atoms with Crippen LogP contribution in [0.5, 0.6) is 0 Å². The van der Waals surface area contributed by atoms with E-state index in [0.29, 0.717) is 6.61 Å². The molecule has 1 N–H and O–H groups in total. The lowest BCUT2D eigenvalue weighted by atomic mass is 10.1. The Morgan fingerprint density at radius 3 is 2.41 bits per heavy atom. The molecule has 0 saturated carbocycles. The molecule has 4 aromatic rings.